The number of carboxylic acid groups (broad SMARTS) is 1. The number of hydrogen-bond acceptors (Lipinski definition) is 4. The van der Waals surface area contributed by atoms with E-state index in [0.29, 0.717) is 5.75 Å². The minimum Gasteiger partial charge on any atom is -0.477 e. The number of carboxylic acids is 1. The Balaban J connectivity index is 2.96. The molecule has 14 heavy (non-hydrogen) atoms. The van der Waals surface area contributed by atoms with E-state index >= 15 is 0 Å². The molecule has 5 nitrogen and oxygen atoms in total. The zero-order valence-electron chi connectivity index (χ0n) is 7.85. The predicted octanol–water partition coefficient (Wildman–Crippen LogP) is 1.01. The Morgan fingerprint density at radius 3 is 2.71 bits per heavy atom. The van der Waals surface area contributed by atoms with Gasteiger partial charge in [0.2, 0.25) is 5.12 Å². The van der Waals surface area contributed by atoms with Crippen molar-refractivity contribution < 1.29 is 14.7 Å². The smallest absolute Gasteiger partial charge is 0.354 e. The van der Waals surface area contributed by atoms with Crippen molar-refractivity contribution in [1.29, 1.82) is 0 Å². The Hall–Kier alpha value is -1.30. The number of aryl methyl sites for hydroxylation is 1. The zero-order chi connectivity index (χ0) is 10.7. The molecule has 0 saturated carbocycles. The van der Waals surface area contributed by atoms with Crippen LogP contribution in [-0.4, -0.2) is 31.7 Å². The molecule has 0 amide bonds. The van der Waals surface area contributed by atoms with Crippen LogP contribution in [0.4, 0.5) is 0 Å². The van der Waals surface area contributed by atoms with Crippen LogP contribution in [-0.2, 0) is 7.05 Å². The van der Waals surface area contributed by atoms with Crippen LogP contribution in [0.2, 0.25) is 0 Å². The summed E-state index contributed by atoms with van der Waals surface area (Å²) in [6.07, 6.45) is 0. The van der Waals surface area contributed by atoms with Gasteiger partial charge >= 0.3 is 5.97 Å². The maximum absolute atomic E-state index is 11.3. The molecule has 0 saturated heterocycles. The summed E-state index contributed by atoms with van der Waals surface area (Å²) in [4.78, 5) is 22.0. The molecular weight excluding hydrogens is 204 g/mol. The fourth-order valence-corrected chi connectivity index (χ4v) is 1.48. The number of aromatic carboxylic acids is 1. The van der Waals surface area contributed by atoms with Gasteiger partial charge in [0.05, 0.1) is 0 Å². The van der Waals surface area contributed by atoms with E-state index in [2.05, 4.69) is 5.10 Å². The number of nitrogens with zero attached hydrogens (tertiary/aromatic N) is 2. The summed E-state index contributed by atoms with van der Waals surface area (Å²) in [5.74, 6) is -0.432. The van der Waals surface area contributed by atoms with Crippen molar-refractivity contribution in [3.05, 3.63) is 17.5 Å². The molecule has 0 aliphatic rings. The predicted molar refractivity (Wildman–Crippen MR) is 52.6 cm³/mol. The highest BCUT2D eigenvalue weighted by Crippen LogP contribution is 2.12. The molecule has 1 aromatic rings. The fourth-order valence-electron chi connectivity index (χ4n) is 0.972. The van der Waals surface area contributed by atoms with Gasteiger partial charge in [0.25, 0.3) is 0 Å². The molecule has 1 rings (SSSR count). The number of hydrogen-bond donors (Lipinski definition) is 1. The van der Waals surface area contributed by atoms with Crippen LogP contribution in [0.15, 0.2) is 6.07 Å². The van der Waals surface area contributed by atoms with Gasteiger partial charge in [-0.15, -0.1) is 0 Å². The molecule has 0 atom stereocenters. The minimum atomic E-state index is -1.08. The molecule has 6 heteroatoms. The van der Waals surface area contributed by atoms with Crippen molar-refractivity contribution in [2.75, 3.05) is 5.75 Å². The Bertz CT molecular complexity index is 373. The van der Waals surface area contributed by atoms with Crippen LogP contribution < -0.4 is 0 Å². The lowest BCUT2D eigenvalue weighted by Crippen LogP contribution is -2.05. The maximum atomic E-state index is 11.3. The first-order valence-electron chi connectivity index (χ1n) is 4.00. The topological polar surface area (TPSA) is 72.2 Å². The van der Waals surface area contributed by atoms with E-state index in [0.717, 1.165) is 11.8 Å². The second-order valence-electron chi connectivity index (χ2n) is 2.56. The van der Waals surface area contributed by atoms with Crippen molar-refractivity contribution in [1.82, 2.24) is 9.78 Å². The van der Waals surface area contributed by atoms with Crippen molar-refractivity contribution in [3.63, 3.8) is 0 Å². The molecule has 1 aromatic heterocycles. The van der Waals surface area contributed by atoms with E-state index < -0.39 is 5.97 Å². The van der Waals surface area contributed by atoms with Crippen molar-refractivity contribution in [2.24, 2.45) is 7.05 Å². The van der Waals surface area contributed by atoms with Gasteiger partial charge < -0.3 is 5.11 Å². The molecule has 1 heterocycles. The van der Waals surface area contributed by atoms with Crippen LogP contribution in [0.25, 0.3) is 0 Å². The first kappa shape index (κ1) is 10.8. The highest BCUT2D eigenvalue weighted by Gasteiger charge is 2.16. The number of aromatic nitrogens is 2. The van der Waals surface area contributed by atoms with Gasteiger partial charge in [0.15, 0.2) is 0 Å². The van der Waals surface area contributed by atoms with Gasteiger partial charge in [-0.25, -0.2) is 4.79 Å². The molecule has 0 spiro atoms. The molecule has 0 unspecified atom stereocenters. The number of thioether (sulfide) groups is 1. The average molecular weight is 214 g/mol. The van der Waals surface area contributed by atoms with Crippen molar-refractivity contribution in [3.8, 4) is 0 Å². The van der Waals surface area contributed by atoms with Gasteiger partial charge in [0, 0.05) is 13.1 Å². The van der Waals surface area contributed by atoms with Crippen LogP contribution in [0.5, 0.6) is 0 Å². The maximum Gasteiger partial charge on any atom is 0.354 e. The van der Waals surface area contributed by atoms with E-state index in [9.17, 15) is 9.59 Å². The summed E-state index contributed by atoms with van der Waals surface area (Å²) in [5, 5.41) is 12.3. The van der Waals surface area contributed by atoms with E-state index in [1.807, 2.05) is 6.92 Å². The SMILES string of the molecule is CCSC(=O)c1cc(C(=O)O)n(C)n1. The summed E-state index contributed by atoms with van der Waals surface area (Å²) >= 11 is 1.11. The van der Waals surface area contributed by atoms with Gasteiger partial charge in [-0.3, -0.25) is 9.48 Å². The second-order valence-corrected chi connectivity index (χ2v) is 3.80. The first-order valence-corrected chi connectivity index (χ1v) is 4.99. The summed E-state index contributed by atoms with van der Waals surface area (Å²) < 4.78 is 1.19. The Kier molecular flexibility index (Phi) is 3.29. The summed E-state index contributed by atoms with van der Waals surface area (Å²) in [7, 11) is 1.50. The van der Waals surface area contributed by atoms with Gasteiger partial charge in [-0.1, -0.05) is 18.7 Å². The highest BCUT2D eigenvalue weighted by atomic mass is 32.2. The molecule has 0 aromatic carbocycles. The molecule has 0 radical (unpaired) electrons. The minimum absolute atomic E-state index is 0.0186. The summed E-state index contributed by atoms with van der Waals surface area (Å²) in [5.41, 5.74) is 0.210. The van der Waals surface area contributed by atoms with Crippen LogP contribution >= 0.6 is 11.8 Å². The molecule has 0 bridgehead atoms. The van der Waals surface area contributed by atoms with Crippen LogP contribution in [0.1, 0.15) is 27.9 Å². The Morgan fingerprint density at radius 1 is 1.64 bits per heavy atom. The monoisotopic (exact) mass is 214 g/mol. The summed E-state index contributed by atoms with van der Waals surface area (Å²) in [6, 6.07) is 1.29. The highest BCUT2D eigenvalue weighted by molar-refractivity contribution is 8.14. The lowest BCUT2D eigenvalue weighted by Gasteiger charge is -1.91. The summed E-state index contributed by atoms with van der Waals surface area (Å²) in [6.45, 7) is 1.85. The third kappa shape index (κ3) is 2.14. The Labute approximate surface area is 85.1 Å². The van der Waals surface area contributed by atoms with E-state index in [-0.39, 0.29) is 16.5 Å². The van der Waals surface area contributed by atoms with Gasteiger partial charge in [-0.05, 0) is 5.75 Å². The lowest BCUT2D eigenvalue weighted by atomic mass is 10.4. The normalized spacial score (nSPS) is 10.1. The molecule has 1 N–H and O–H groups in total. The number of rotatable bonds is 3. The third-order valence-corrected chi connectivity index (χ3v) is 2.34. The van der Waals surface area contributed by atoms with Gasteiger partial charge in [0.1, 0.15) is 11.4 Å². The average Bonchev–Trinajstić information content (AvgIpc) is 2.48. The van der Waals surface area contributed by atoms with Crippen molar-refractivity contribution in [2.45, 2.75) is 6.92 Å². The van der Waals surface area contributed by atoms with E-state index in [1.165, 1.54) is 17.8 Å². The Morgan fingerprint density at radius 2 is 2.29 bits per heavy atom. The molecule has 76 valence electrons. The largest absolute Gasteiger partial charge is 0.477 e. The van der Waals surface area contributed by atoms with E-state index in [1.54, 1.807) is 0 Å². The van der Waals surface area contributed by atoms with Crippen molar-refractivity contribution >= 4 is 22.8 Å². The first-order chi connectivity index (χ1) is 6.56. The van der Waals surface area contributed by atoms with Crippen LogP contribution in [0.3, 0.4) is 0 Å². The van der Waals surface area contributed by atoms with E-state index in [4.69, 9.17) is 5.11 Å². The van der Waals surface area contributed by atoms with Gasteiger partial charge in [-0.2, -0.15) is 5.10 Å². The lowest BCUT2D eigenvalue weighted by molar-refractivity contribution is 0.0685. The fraction of sp³-hybridized carbons (Fsp3) is 0.375. The second kappa shape index (κ2) is 4.28. The molecule has 0 fully saturated rings. The third-order valence-electron chi connectivity index (χ3n) is 1.58. The molecule has 0 aliphatic carbocycles. The molecule has 0 aliphatic heterocycles. The number of carbonyl (C=O) groups is 2. The zero-order valence-corrected chi connectivity index (χ0v) is 8.67. The number of carbonyl (C=O) groups excluding carboxylic acids is 1. The quantitative estimate of drug-likeness (QED) is 0.813. The standard InChI is InChI=1S/C8H10N2O3S/c1-3-14-8(13)5-4-6(7(11)12)10(2)9-5/h4H,3H2,1-2H3,(H,11,12). The molecular formula is C8H10N2O3S. The van der Waals surface area contributed by atoms with Crippen LogP contribution in [0, 0.1) is 0 Å².